The second-order valence-electron chi connectivity index (χ2n) is 5.66. The van der Waals surface area contributed by atoms with E-state index in [9.17, 15) is 4.79 Å². The fraction of sp³-hybridized carbons (Fsp3) is 0.158. The van der Waals surface area contributed by atoms with Gasteiger partial charge in [-0.25, -0.2) is 0 Å². The number of amidine groups is 1. The van der Waals surface area contributed by atoms with Crippen LogP contribution in [0.25, 0.3) is 5.70 Å². The number of hydrogen-bond donors (Lipinski definition) is 2. The molecule has 1 heterocycles. The summed E-state index contributed by atoms with van der Waals surface area (Å²) in [7, 11) is 0. The van der Waals surface area contributed by atoms with Crippen molar-refractivity contribution in [2.24, 2.45) is 5.10 Å². The molecule has 5 heteroatoms. The van der Waals surface area contributed by atoms with E-state index in [1.807, 2.05) is 30.3 Å². The number of aryl methyl sites for hydroxylation is 1. The number of hydrogen-bond acceptors (Lipinski definition) is 4. The lowest BCUT2D eigenvalue weighted by atomic mass is 10.1. The normalized spacial score (nSPS) is 18.5. The summed E-state index contributed by atoms with van der Waals surface area (Å²) < 4.78 is 0. The Bertz CT molecular complexity index is 769. The summed E-state index contributed by atoms with van der Waals surface area (Å²) >= 11 is 1.44. The van der Waals surface area contributed by atoms with Crippen molar-refractivity contribution in [2.45, 2.75) is 18.6 Å². The molecule has 2 aromatic rings. The third-order valence-electron chi connectivity index (χ3n) is 3.73. The van der Waals surface area contributed by atoms with Crippen molar-refractivity contribution in [1.29, 1.82) is 0 Å². The molecule has 1 fully saturated rings. The van der Waals surface area contributed by atoms with Crippen LogP contribution < -0.4 is 10.7 Å². The Morgan fingerprint density at radius 1 is 1.21 bits per heavy atom. The van der Waals surface area contributed by atoms with Gasteiger partial charge in [0.05, 0.1) is 10.9 Å². The number of carbonyl (C=O) groups is 1. The number of nitrogens with one attached hydrogen (secondary N) is 2. The largest absolute Gasteiger partial charge is 0.303 e. The monoisotopic (exact) mass is 337 g/mol. The molecule has 1 aliphatic heterocycles. The van der Waals surface area contributed by atoms with E-state index < -0.39 is 0 Å². The molecule has 0 spiro atoms. The lowest BCUT2D eigenvalue weighted by molar-refractivity contribution is -0.118. The fourth-order valence-electron chi connectivity index (χ4n) is 2.35. The Balaban J connectivity index is 1.59. The molecule has 0 saturated carbocycles. The second-order valence-corrected chi connectivity index (χ2v) is 6.85. The lowest BCUT2D eigenvalue weighted by Gasteiger charge is -2.06. The average Bonchev–Trinajstić information content (AvgIpc) is 2.95. The Hall–Kier alpha value is -2.53. The van der Waals surface area contributed by atoms with Gasteiger partial charge in [-0.2, -0.15) is 0 Å². The molecule has 0 unspecified atom stereocenters. The van der Waals surface area contributed by atoms with Gasteiger partial charge in [-0.15, -0.1) is 5.10 Å². The molecule has 0 aromatic heterocycles. The van der Waals surface area contributed by atoms with Crippen molar-refractivity contribution < 1.29 is 4.79 Å². The number of carbonyl (C=O) groups excluding carboxylic acids is 1. The van der Waals surface area contributed by atoms with Gasteiger partial charge in [-0.1, -0.05) is 78.5 Å². The Kier molecular flexibility index (Phi) is 5.01. The number of thioether (sulfide) groups is 1. The van der Waals surface area contributed by atoms with Gasteiger partial charge in [0.2, 0.25) is 5.91 Å². The van der Waals surface area contributed by atoms with Crippen molar-refractivity contribution in [1.82, 2.24) is 10.7 Å². The first-order valence-electron chi connectivity index (χ1n) is 7.73. The molecule has 1 amide bonds. The van der Waals surface area contributed by atoms with E-state index in [0.717, 1.165) is 11.1 Å². The van der Waals surface area contributed by atoms with E-state index in [1.165, 1.54) is 17.3 Å². The number of rotatable bonds is 5. The molecule has 3 rings (SSSR count). The maximum Gasteiger partial charge on any atom is 0.239 e. The van der Waals surface area contributed by atoms with Gasteiger partial charge >= 0.3 is 0 Å². The minimum atomic E-state index is -0.154. The van der Waals surface area contributed by atoms with Gasteiger partial charge < -0.3 is 5.32 Å². The highest BCUT2D eigenvalue weighted by molar-refractivity contribution is 8.15. The van der Waals surface area contributed by atoms with Gasteiger partial charge in [0.15, 0.2) is 5.17 Å². The average molecular weight is 337 g/mol. The number of benzene rings is 2. The van der Waals surface area contributed by atoms with E-state index >= 15 is 0 Å². The summed E-state index contributed by atoms with van der Waals surface area (Å²) in [5.74, 6) is -0.00792. The van der Waals surface area contributed by atoms with E-state index in [4.69, 9.17) is 0 Å². The third kappa shape index (κ3) is 4.06. The zero-order chi connectivity index (χ0) is 16.9. The molecule has 1 saturated heterocycles. The maximum atomic E-state index is 12.1. The number of hydrazone groups is 1. The van der Waals surface area contributed by atoms with Crippen LogP contribution in [0.2, 0.25) is 0 Å². The lowest BCUT2D eigenvalue weighted by Crippen LogP contribution is -2.26. The van der Waals surface area contributed by atoms with Gasteiger partial charge in [0, 0.05) is 0 Å². The number of amides is 1. The summed E-state index contributed by atoms with van der Waals surface area (Å²) in [6.07, 6.45) is 0.690. The van der Waals surface area contributed by atoms with Gasteiger partial charge in [-0.05, 0) is 24.5 Å². The van der Waals surface area contributed by atoms with Crippen LogP contribution in [0, 0.1) is 6.92 Å². The molecule has 4 nitrogen and oxygen atoms in total. The van der Waals surface area contributed by atoms with Gasteiger partial charge in [0.25, 0.3) is 0 Å². The zero-order valence-electron chi connectivity index (χ0n) is 13.5. The minimum Gasteiger partial charge on any atom is -0.303 e. The highest BCUT2D eigenvalue weighted by atomic mass is 32.2. The van der Waals surface area contributed by atoms with Crippen LogP contribution in [0.1, 0.15) is 16.7 Å². The molecule has 122 valence electrons. The topological polar surface area (TPSA) is 53.5 Å². The quantitative estimate of drug-likeness (QED) is 0.823. The molecule has 1 atom stereocenters. The summed E-state index contributed by atoms with van der Waals surface area (Å²) in [5.41, 5.74) is 6.94. The molecule has 24 heavy (non-hydrogen) atoms. The van der Waals surface area contributed by atoms with Crippen LogP contribution in [-0.4, -0.2) is 16.3 Å². The van der Waals surface area contributed by atoms with Crippen LogP contribution in [0.4, 0.5) is 0 Å². The van der Waals surface area contributed by atoms with Crippen molar-refractivity contribution in [3.63, 3.8) is 0 Å². The maximum absolute atomic E-state index is 12.1. The van der Waals surface area contributed by atoms with Crippen LogP contribution in [0.3, 0.4) is 0 Å². The molecular formula is C19H19N3OS. The van der Waals surface area contributed by atoms with Gasteiger partial charge in [0.1, 0.15) is 0 Å². The fourth-order valence-corrected chi connectivity index (χ4v) is 3.32. The first kappa shape index (κ1) is 16.3. The smallest absolute Gasteiger partial charge is 0.239 e. The van der Waals surface area contributed by atoms with Crippen LogP contribution in [0.15, 0.2) is 66.3 Å². The van der Waals surface area contributed by atoms with E-state index in [0.29, 0.717) is 17.3 Å². The minimum absolute atomic E-state index is 0.00792. The summed E-state index contributed by atoms with van der Waals surface area (Å²) in [6, 6.07) is 18.0. The van der Waals surface area contributed by atoms with E-state index in [-0.39, 0.29) is 11.2 Å². The van der Waals surface area contributed by atoms with Crippen LogP contribution in [0.5, 0.6) is 0 Å². The summed E-state index contributed by atoms with van der Waals surface area (Å²) in [5, 5.41) is 7.49. The van der Waals surface area contributed by atoms with Crippen molar-refractivity contribution in [2.75, 3.05) is 0 Å². The summed E-state index contributed by atoms with van der Waals surface area (Å²) in [4.78, 5) is 12.1. The first-order chi connectivity index (χ1) is 11.6. The van der Waals surface area contributed by atoms with Crippen LogP contribution >= 0.6 is 11.8 Å². The SMILES string of the molecule is C=C(N/N=C1\NC(=O)[C@H](Cc2ccc(C)cc2)S1)c1ccccc1. The predicted octanol–water partition coefficient (Wildman–Crippen LogP) is 3.30. The molecule has 0 radical (unpaired) electrons. The number of nitrogens with zero attached hydrogens (tertiary/aromatic N) is 1. The molecule has 0 bridgehead atoms. The molecule has 2 aromatic carbocycles. The van der Waals surface area contributed by atoms with Crippen molar-refractivity contribution in [3.05, 3.63) is 77.9 Å². The predicted molar refractivity (Wildman–Crippen MR) is 100 cm³/mol. The highest BCUT2D eigenvalue weighted by Gasteiger charge is 2.30. The molecule has 2 N–H and O–H groups in total. The highest BCUT2D eigenvalue weighted by Crippen LogP contribution is 2.23. The third-order valence-corrected chi connectivity index (χ3v) is 4.81. The molecule has 1 aliphatic rings. The second kappa shape index (κ2) is 7.36. The van der Waals surface area contributed by atoms with Crippen molar-refractivity contribution >= 4 is 28.5 Å². The van der Waals surface area contributed by atoms with E-state index in [2.05, 4.69) is 53.6 Å². The van der Waals surface area contributed by atoms with Gasteiger partial charge in [-0.3, -0.25) is 10.2 Å². The van der Waals surface area contributed by atoms with Crippen molar-refractivity contribution in [3.8, 4) is 0 Å². The molecule has 0 aliphatic carbocycles. The molecular weight excluding hydrogens is 318 g/mol. The van der Waals surface area contributed by atoms with E-state index in [1.54, 1.807) is 0 Å². The Labute approximate surface area is 146 Å². The standard InChI is InChI=1S/C19H19N3OS/c1-13-8-10-15(11-9-13)12-17-18(23)20-19(24-17)22-21-14(2)16-6-4-3-5-7-16/h3-11,17,21H,2,12H2,1H3,(H,20,22,23)/t17-/m0/s1. The Morgan fingerprint density at radius 3 is 2.62 bits per heavy atom. The summed E-state index contributed by atoms with van der Waals surface area (Å²) in [6.45, 7) is 6.01. The Morgan fingerprint density at radius 2 is 1.92 bits per heavy atom. The first-order valence-corrected chi connectivity index (χ1v) is 8.61. The van der Waals surface area contributed by atoms with Crippen LogP contribution in [-0.2, 0) is 11.2 Å². The zero-order valence-corrected chi connectivity index (χ0v) is 14.3.